The molecule has 0 aliphatic heterocycles. The lowest BCUT2D eigenvalue weighted by molar-refractivity contribution is 0.104. The van der Waals surface area contributed by atoms with Crippen molar-refractivity contribution in [2.75, 3.05) is 0 Å². The summed E-state index contributed by atoms with van der Waals surface area (Å²) in [5, 5.41) is 20.9. The topological polar surface area (TPSA) is 40.5 Å². The summed E-state index contributed by atoms with van der Waals surface area (Å²) in [4.78, 5) is 0. The summed E-state index contributed by atoms with van der Waals surface area (Å²) in [6.07, 6.45) is 16.2. The van der Waals surface area contributed by atoms with Crippen LogP contribution in [0.5, 0.6) is 0 Å². The SMILES string of the molecule is CC(C)CCC[C@@H](C)[C@H]1CC=C2/C(=C/C=C3/C[C@@H](O)CC[C@H]3C)[C@H](O)CC[C@@]21C. The van der Waals surface area contributed by atoms with Gasteiger partial charge in [0.2, 0.25) is 0 Å². The van der Waals surface area contributed by atoms with Crippen LogP contribution >= 0.6 is 0 Å². The average Bonchev–Trinajstić information content (AvgIpc) is 3.01. The molecule has 2 saturated carbocycles. The lowest BCUT2D eigenvalue weighted by atomic mass is 9.61. The third kappa shape index (κ3) is 5.07. The Morgan fingerprint density at radius 3 is 2.59 bits per heavy atom. The highest BCUT2D eigenvalue weighted by Crippen LogP contribution is 2.57. The van der Waals surface area contributed by atoms with Crippen molar-refractivity contribution in [2.45, 2.75) is 105 Å². The quantitative estimate of drug-likeness (QED) is 0.528. The molecule has 29 heavy (non-hydrogen) atoms. The fraction of sp³-hybridized carbons (Fsp3) is 0.778. The lowest BCUT2D eigenvalue weighted by Gasteiger charge is -2.44. The molecule has 0 amide bonds. The van der Waals surface area contributed by atoms with Crippen LogP contribution in [0.3, 0.4) is 0 Å². The molecule has 2 N–H and O–H groups in total. The van der Waals surface area contributed by atoms with Gasteiger partial charge >= 0.3 is 0 Å². The van der Waals surface area contributed by atoms with Crippen LogP contribution < -0.4 is 0 Å². The number of aliphatic hydroxyl groups is 2. The van der Waals surface area contributed by atoms with Crippen LogP contribution in [0.2, 0.25) is 0 Å². The van der Waals surface area contributed by atoms with E-state index < -0.39 is 0 Å². The molecule has 164 valence electrons. The number of allylic oxidation sites excluding steroid dienone is 3. The van der Waals surface area contributed by atoms with E-state index in [2.05, 4.69) is 52.8 Å². The molecule has 3 aliphatic carbocycles. The van der Waals surface area contributed by atoms with Gasteiger partial charge in [-0.05, 0) is 78.8 Å². The molecular formula is C27H44O2. The minimum Gasteiger partial charge on any atom is -0.393 e. The smallest absolute Gasteiger partial charge is 0.0793 e. The highest BCUT2D eigenvalue weighted by atomic mass is 16.3. The van der Waals surface area contributed by atoms with Crippen molar-refractivity contribution in [1.82, 2.24) is 0 Å². The zero-order chi connectivity index (χ0) is 21.2. The van der Waals surface area contributed by atoms with Crippen LogP contribution in [0.25, 0.3) is 0 Å². The van der Waals surface area contributed by atoms with Gasteiger partial charge in [-0.1, -0.05) is 77.7 Å². The Morgan fingerprint density at radius 1 is 1.10 bits per heavy atom. The van der Waals surface area contributed by atoms with Gasteiger partial charge in [-0.25, -0.2) is 0 Å². The predicted octanol–water partition coefficient (Wildman–Crippen LogP) is 6.59. The van der Waals surface area contributed by atoms with E-state index in [1.807, 2.05) is 0 Å². The monoisotopic (exact) mass is 400 g/mol. The fourth-order valence-electron chi connectivity index (χ4n) is 6.22. The molecule has 0 aromatic heterocycles. The van der Waals surface area contributed by atoms with E-state index in [0.717, 1.165) is 55.9 Å². The van der Waals surface area contributed by atoms with Crippen molar-refractivity contribution in [1.29, 1.82) is 0 Å². The Labute approximate surface area is 179 Å². The Bertz CT molecular complexity index is 655. The second-order valence-electron chi connectivity index (χ2n) is 10.9. The molecule has 2 heteroatoms. The molecule has 3 aliphatic rings. The molecule has 0 saturated heterocycles. The normalized spacial score (nSPS) is 39.1. The Kier molecular flexibility index (Phi) is 7.49. The Hall–Kier alpha value is -0.860. The lowest BCUT2D eigenvalue weighted by Crippen LogP contribution is -2.37. The van der Waals surface area contributed by atoms with E-state index in [4.69, 9.17) is 0 Å². The van der Waals surface area contributed by atoms with E-state index in [0.29, 0.717) is 11.8 Å². The van der Waals surface area contributed by atoms with Crippen LogP contribution in [0, 0.1) is 29.1 Å². The van der Waals surface area contributed by atoms with Gasteiger partial charge in [0, 0.05) is 0 Å². The number of hydrogen-bond acceptors (Lipinski definition) is 2. The van der Waals surface area contributed by atoms with Crippen LogP contribution in [0.15, 0.2) is 34.9 Å². The Balaban J connectivity index is 1.76. The molecule has 0 heterocycles. The number of fused-ring (bicyclic) bond motifs is 1. The van der Waals surface area contributed by atoms with Gasteiger partial charge < -0.3 is 10.2 Å². The first kappa shape index (κ1) is 22.8. The average molecular weight is 401 g/mol. The van der Waals surface area contributed by atoms with E-state index in [9.17, 15) is 10.2 Å². The van der Waals surface area contributed by atoms with E-state index in [-0.39, 0.29) is 17.6 Å². The fourth-order valence-corrected chi connectivity index (χ4v) is 6.22. The first-order valence-electron chi connectivity index (χ1n) is 12.2. The zero-order valence-corrected chi connectivity index (χ0v) is 19.5. The summed E-state index contributed by atoms with van der Waals surface area (Å²) >= 11 is 0. The highest BCUT2D eigenvalue weighted by molar-refractivity contribution is 5.46. The molecule has 2 nitrogen and oxygen atoms in total. The van der Waals surface area contributed by atoms with Crippen molar-refractivity contribution in [2.24, 2.45) is 29.1 Å². The van der Waals surface area contributed by atoms with Crippen molar-refractivity contribution in [3.8, 4) is 0 Å². The number of rotatable bonds is 6. The first-order chi connectivity index (χ1) is 13.7. The van der Waals surface area contributed by atoms with Gasteiger partial charge in [0.05, 0.1) is 12.2 Å². The molecule has 0 bridgehead atoms. The van der Waals surface area contributed by atoms with Gasteiger partial charge in [0.15, 0.2) is 0 Å². The predicted molar refractivity (Wildman–Crippen MR) is 123 cm³/mol. The van der Waals surface area contributed by atoms with Gasteiger partial charge in [-0.3, -0.25) is 0 Å². The second-order valence-corrected chi connectivity index (χ2v) is 10.9. The molecule has 0 radical (unpaired) electrons. The van der Waals surface area contributed by atoms with Crippen molar-refractivity contribution in [3.05, 3.63) is 34.9 Å². The highest BCUT2D eigenvalue weighted by Gasteiger charge is 2.47. The van der Waals surface area contributed by atoms with Crippen LogP contribution in [0.1, 0.15) is 92.4 Å². The summed E-state index contributed by atoms with van der Waals surface area (Å²) in [5.74, 6) is 2.76. The third-order valence-electron chi connectivity index (χ3n) is 8.26. The van der Waals surface area contributed by atoms with Gasteiger partial charge in [0.25, 0.3) is 0 Å². The summed E-state index contributed by atoms with van der Waals surface area (Å²) in [5.41, 5.74) is 4.11. The van der Waals surface area contributed by atoms with Gasteiger partial charge in [0.1, 0.15) is 0 Å². The largest absolute Gasteiger partial charge is 0.393 e. The van der Waals surface area contributed by atoms with Crippen LogP contribution in [-0.4, -0.2) is 22.4 Å². The minimum absolute atomic E-state index is 0.195. The molecule has 3 rings (SSSR count). The maximum Gasteiger partial charge on any atom is 0.0793 e. The van der Waals surface area contributed by atoms with E-state index in [1.165, 1.54) is 30.4 Å². The second kappa shape index (κ2) is 9.52. The summed E-state index contributed by atoms with van der Waals surface area (Å²) < 4.78 is 0. The molecule has 0 aromatic rings. The maximum atomic E-state index is 10.8. The summed E-state index contributed by atoms with van der Waals surface area (Å²) in [6.45, 7) is 11.8. The van der Waals surface area contributed by atoms with Crippen molar-refractivity contribution < 1.29 is 10.2 Å². The van der Waals surface area contributed by atoms with Gasteiger partial charge in [-0.15, -0.1) is 0 Å². The van der Waals surface area contributed by atoms with E-state index >= 15 is 0 Å². The number of hydrogen-bond donors (Lipinski definition) is 2. The summed E-state index contributed by atoms with van der Waals surface area (Å²) in [6, 6.07) is 0. The first-order valence-corrected chi connectivity index (χ1v) is 12.2. The molecular weight excluding hydrogens is 356 g/mol. The van der Waals surface area contributed by atoms with Crippen molar-refractivity contribution in [3.63, 3.8) is 0 Å². The third-order valence-corrected chi connectivity index (χ3v) is 8.26. The molecule has 0 aromatic carbocycles. The molecule has 0 unspecified atom stereocenters. The number of aliphatic hydroxyl groups excluding tert-OH is 2. The standard InChI is InChI=1S/C27H44O2/c1-18(2)7-6-8-20(4)24-13-14-25-23(26(29)15-16-27(24,25)5)12-10-21-17-22(28)11-9-19(21)3/h10,12,14,18-20,22,24,26,28-29H,6-9,11,13,15-17H2,1-5H3/b21-10-,23-12-/t19-,20-,22+,24-,26-,27-/m1/s1. The Morgan fingerprint density at radius 2 is 1.86 bits per heavy atom. The molecule has 2 fully saturated rings. The maximum absolute atomic E-state index is 10.8. The molecule has 6 atom stereocenters. The van der Waals surface area contributed by atoms with Gasteiger partial charge in [-0.2, -0.15) is 0 Å². The van der Waals surface area contributed by atoms with Crippen molar-refractivity contribution >= 4 is 0 Å². The minimum atomic E-state index is -0.343. The van der Waals surface area contributed by atoms with E-state index in [1.54, 1.807) is 0 Å². The van der Waals surface area contributed by atoms with Crippen LogP contribution in [-0.2, 0) is 0 Å². The summed E-state index contributed by atoms with van der Waals surface area (Å²) in [7, 11) is 0. The molecule has 0 spiro atoms. The van der Waals surface area contributed by atoms with Crippen LogP contribution in [0.4, 0.5) is 0 Å². The zero-order valence-electron chi connectivity index (χ0n) is 19.5.